The van der Waals surface area contributed by atoms with Crippen molar-refractivity contribution in [2.24, 2.45) is 0 Å². The number of ether oxygens (including phenoxy) is 5. The first-order valence-electron chi connectivity index (χ1n) is 14.5. The van der Waals surface area contributed by atoms with Gasteiger partial charge in [-0.1, -0.05) is 121 Å². The van der Waals surface area contributed by atoms with Gasteiger partial charge < -0.3 is 23.7 Å². The van der Waals surface area contributed by atoms with E-state index < -0.39 is 36.5 Å². The fraction of sp³-hybridized carbons (Fsp3) is 0.306. The lowest BCUT2D eigenvalue weighted by Crippen LogP contribution is -2.56. The van der Waals surface area contributed by atoms with Crippen molar-refractivity contribution in [1.29, 1.82) is 0 Å². The molecule has 4 aromatic carbocycles. The minimum absolute atomic E-state index is 0.174. The molecule has 6 nitrogen and oxygen atoms in total. The topological polar surface area (TPSA) is 63.2 Å². The van der Waals surface area contributed by atoms with Gasteiger partial charge in [0, 0.05) is 6.42 Å². The van der Waals surface area contributed by atoms with Crippen LogP contribution in [0.25, 0.3) is 0 Å². The first-order valence-corrected chi connectivity index (χ1v) is 14.5. The molecule has 0 radical (unpaired) electrons. The van der Waals surface area contributed by atoms with Crippen LogP contribution in [-0.4, -0.2) is 36.5 Å². The molecule has 0 N–H and O–H groups in total. The van der Waals surface area contributed by atoms with Crippen LogP contribution in [0.3, 0.4) is 0 Å². The van der Waals surface area contributed by atoms with Crippen molar-refractivity contribution in [3.05, 3.63) is 144 Å². The van der Waals surface area contributed by atoms with Gasteiger partial charge in [-0.25, -0.2) is 4.79 Å². The summed E-state index contributed by atoms with van der Waals surface area (Å²) < 4.78 is 31.5. The van der Waals surface area contributed by atoms with Crippen LogP contribution >= 0.6 is 0 Å². The van der Waals surface area contributed by atoms with E-state index in [0.29, 0.717) is 26.2 Å². The molecule has 0 bridgehead atoms. The van der Waals surface area contributed by atoms with Crippen LogP contribution in [-0.2, 0) is 54.9 Å². The van der Waals surface area contributed by atoms with Crippen molar-refractivity contribution >= 4 is 5.97 Å². The van der Waals surface area contributed by atoms with Gasteiger partial charge in [0.25, 0.3) is 0 Å². The van der Waals surface area contributed by atoms with E-state index in [0.717, 1.165) is 22.3 Å². The summed E-state index contributed by atoms with van der Waals surface area (Å²) >= 11 is 0. The quantitative estimate of drug-likeness (QED) is 0.169. The van der Waals surface area contributed by atoms with Crippen LogP contribution in [0.4, 0.5) is 0 Å². The van der Waals surface area contributed by atoms with Crippen molar-refractivity contribution in [1.82, 2.24) is 0 Å². The average Bonchev–Trinajstić information content (AvgIpc) is 3.06. The van der Waals surface area contributed by atoms with Gasteiger partial charge >= 0.3 is 5.97 Å². The standard InChI is InChI=1S/C36H38O6/c1-27(38-23-28-14-6-2-7-15-28)34-35(40-25-30-18-10-4-11-19-30)32(39-24-29-16-8-3-9-17-29)22-33(42-34)36(37)41-26-31-20-12-5-13-21-31/h2-21,27,32-35H,22-26H2,1H3. The molecule has 6 heteroatoms. The highest BCUT2D eigenvalue weighted by Gasteiger charge is 2.46. The van der Waals surface area contributed by atoms with Crippen LogP contribution in [0.5, 0.6) is 0 Å². The molecule has 1 saturated heterocycles. The number of rotatable bonds is 13. The van der Waals surface area contributed by atoms with E-state index in [2.05, 4.69) is 0 Å². The van der Waals surface area contributed by atoms with Gasteiger partial charge in [0.15, 0.2) is 6.10 Å². The Labute approximate surface area is 248 Å². The summed E-state index contributed by atoms with van der Waals surface area (Å²) in [6, 6.07) is 39.6. The molecule has 42 heavy (non-hydrogen) atoms. The van der Waals surface area contributed by atoms with Gasteiger partial charge in [0.1, 0.15) is 18.8 Å². The number of esters is 1. The summed E-state index contributed by atoms with van der Waals surface area (Å²) in [6.45, 7) is 3.30. The van der Waals surface area contributed by atoms with E-state index in [1.165, 1.54) is 0 Å². The molecule has 5 unspecified atom stereocenters. The maximum atomic E-state index is 13.3. The number of hydrogen-bond donors (Lipinski definition) is 0. The summed E-state index contributed by atoms with van der Waals surface area (Å²) in [7, 11) is 0. The molecule has 4 aromatic rings. The molecule has 1 aliphatic rings. The second-order valence-corrected chi connectivity index (χ2v) is 10.5. The van der Waals surface area contributed by atoms with Crippen molar-refractivity contribution in [3.8, 4) is 0 Å². The Morgan fingerprint density at radius 2 is 1.12 bits per heavy atom. The largest absolute Gasteiger partial charge is 0.459 e. The van der Waals surface area contributed by atoms with Crippen LogP contribution < -0.4 is 0 Å². The first-order chi connectivity index (χ1) is 20.7. The zero-order valence-electron chi connectivity index (χ0n) is 23.9. The lowest BCUT2D eigenvalue weighted by atomic mass is 9.94. The molecule has 0 spiro atoms. The highest BCUT2D eigenvalue weighted by molar-refractivity contribution is 5.75. The molecule has 0 amide bonds. The fourth-order valence-corrected chi connectivity index (χ4v) is 5.04. The molecule has 218 valence electrons. The maximum Gasteiger partial charge on any atom is 0.335 e. The normalized spacial score (nSPS) is 21.0. The lowest BCUT2D eigenvalue weighted by molar-refractivity contribution is -0.239. The van der Waals surface area contributed by atoms with Gasteiger partial charge in [-0.15, -0.1) is 0 Å². The van der Waals surface area contributed by atoms with E-state index in [9.17, 15) is 4.79 Å². The molecule has 1 fully saturated rings. The van der Waals surface area contributed by atoms with E-state index in [1.54, 1.807) is 0 Å². The third kappa shape index (κ3) is 8.60. The average molecular weight is 567 g/mol. The SMILES string of the molecule is CC(OCc1ccccc1)C1OC(C(=O)OCc2ccccc2)CC(OCc2ccccc2)C1OCc1ccccc1. The van der Waals surface area contributed by atoms with Crippen molar-refractivity contribution in [3.63, 3.8) is 0 Å². The first kappa shape index (κ1) is 29.7. The summed E-state index contributed by atoms with van der Waals surface area (Å²) in [6.07, 6.45) is -2.37. The van der Waals surface area contributed by atoms with Gasteiger partial charge in [-0.3, -0.25) is 0 Å². The second-order valence-electron chi connectivity index (χ2n) is 10.5. The van der Waals surface area contributed by atoms with E-state index in [1.807, 2.05) is 128 Å². The van der Waals surface area contributed by atoms with Gasteiger partial charge in [0.05, 0.1) is 32.0 Å². The number of benzene rings is 4. The van der Waals surface area contributed by atoms with Crippen LogP contribution in [0, 0.1) is 0 Å². The zero-order chi connectivity index (χ0) is 29.0. The molecule has 0 aliphatic carbocycles. The Morgan fingerprint density at radius 1 is 0.667 bits per heavy atom. The molecular weight excluding hydrogens is 528 g/mol. The molecule has 5 rings (SSSR count). The van der Waals surface area contributed by atoms with Gasteiger partial charge in [0.2, 0.25) is 0 Å². The van der Waals surface area contributed by atoms with Crippen molar-refractivity contribution in [2.75, 3.05) is 0 Å². The summed E-state index contributed by atoms with van der Waals surface area (Å²) in [5, 5.41) is 0. The minimum Gasteiger partial charge on any atom is -0.459 e. The Morgan fingerprint density at radius 3 is 1.64 bits per heavy atom. The number of carbonyl (C=O) groups excluding carboxylic acids is 1. The zero-order valence-corrected chi connectivity index (χ0v) is 23.9. The minimum atomic E-state index is -0.821. The van der Waals surface area contributed by atoms with E-state index >= 15 is 0 Å². The predicted molar refractivity (Wildman–Crippen MR) is 160 cm³/mol. The van der Waals surface area contributed by atoms with Crippen molar-refractivity contribution < 1.29 is 28.5 Å². The lowest BCUT2D eigenvalue weighted by Gasteiger charge is -2.43. The smallest absolute Gasteiger partial charge is 0.335 e. The highest BCUT2D eigenvalue weighted by atomic mass is 16.6. The third-order valence-electron chi connectivity index (χ3n) is 7.36. The Balaban J connectivity index is 1.35. The number of carbonyl (C=O) groups is 1. The summed E-state index contributed by atoms with van der Waals surface area (Å²) in [5.41, 5.74) is 4.05. The fourth-order valence-electron chi connectivity index (χ4n) is 5.04. The van der Waals surface area contributed by atoms with Crippen LogP contribution in [0.2, 0.25) is 0 Å². The van der Waals surface area contributed by atoms with Gasteiger partial charge in [-0.2, -0.15) is 0 Å². The summed E-state index contributed by atoms with van der Waals surface area (Å²) in [4.78, 5) is 13.3. The van der Waals surface area contributed by atoms with E-state index in [4.69, 9.17) is 23.7 Å². The van der Waals surface area contributed by atoms with Crippen molar-refractivity contribution in [2.45, 2.75) is 70.3 Å². The molecule has 1 aliphatic heterocycles. The van der Waals surface area contributed by atoms with Crippen LogP contribution in [0.1, 0.15) is 35.6 Å². The Hall–Kier alpha value is -3.81. The molecular formula is C36H38O6. The molecule has 1 heterocycles. The predicted octanol–water partition coefficient (Wildman–Crippen LogP) is 6.66. The molecule has 0 aromatic heterocycles. The molecule has 0 saturated carbocycles. The van der Waals surface area contributed by atoms with Crippen LogP contribution in [0.15, 0.2) is 121 Å². The maximum absolute atomic E-state index is 13.3. The van der Waals surface area contributed by atoms with E-state index in [-0.39, 0.29) is 6.61 Å². The third-order valence-corrected chi connectivity index (χ3v) is 7.36. The Kier molecular flexibility index (Phi) is 10.9. The monoisotopic (exact) mass is 566 g/mol. The summed E-state index contributed by atoms with van der Waals surface area (Å²) in [5.74, 6) is -0.422. The van der Waals surface area contributed by atoms with Gasteiger partial charge in [-0.05, 0) is 29.2 Å². The highest BCUT2D eigenvalue weighted by Crippen LogP contribution is 2.31. The molecule has 5 atom stereocenters. The Bertz CT molecular complexity index is 1330. The number of hydrogen-bond acceptors (Lipinski definition) is 6. The second kappa shape index (κ2) is 15.4.